The van der Waals surface area contributed by atoms with Crippen LogP contribution in [0.15, 0.2) is 36.4 Å². The number of carbonyl (C=O) groups excluding carboxylic acids is 2. The molecule has 0 bridgehead atoms. The van der Waals surface area contributed by atoms with Crippen molar-refractivity contribution in [3.05, 3.63) is 69.7 Å². The second kappa shape index (κ2) is 11.2. The highest BCUT2D eigenvalue weighted by atomic mass is 35.5. The van der Waals surface area contributed by atoms with Crippen molar-refractivity contribution >= 4 is 23.4 Å². The Hall–Kier alpha value is -2.51. The maximum atomic E-state index is 14.9. The summed E-state index contributed by atoms with van der Waals surface area (Å²) >= 11 is 6.35. The Labute approximate surface area is 235 Å². The van der Waals surface area contributed by atoms with Gasteiger partial charge in [0.1, 0.15) is 11.6 Å². The summed E-state index contributed by atoms with van der Waals surface area (Å²) in [5, 5.41) is 3.64. The van der Waals surface area contributed by atoms with Crippen molar-refractivity contribution in [3.63, 3.8) is 0 Å². The summed E-state index contributed by atoms with van der Waals surface area (Å²) in [6.45, 7) is 14.0. The third kappa shape index (κ3) is 6.46. The molecule has 2 fully saturated rings. The first-order chi connectivity index (χ1) is 18.2. The molecule has 2 aromatic rings. The Morgan fingerprint density at radius 3 is 2.18 bits per heavy atom. The van der Waals surface area contributed by atoms with Crippen LogP contribution in [0.2, 0.25) is 5.02 Å². The first kappa shape index (κ1) is 29.5. The number of amides is 2. The minimum atomic E-state index is -0.616. The molecule has 0 aromatic heterocycles. The van der Waals surface area contributed by atoms with E-state index < -0.39 is 23.1 Å². The minimum absolute atomic E-state index is 0.0313. The standard InChI is InChI=1S/C31H40ClF2N3O2/c1-19(38)35-31(5,6)27-15-21(32)7-9-23(27)20-11-13-36(14-12-20)29(39)26-18-37(30(2,3)4)17-25(26)24-10-8-22(33)16-28(24)34/h7-10,15-16,20,25-26H,11-14,17-18H2,1-6H3,(H,35,38). The number of benzene rings is 2. The fraction of sp³-hybridized carbons (Fsp3) is 0.548. The second-order valence-corrected chi connectivity index (χ2v) is 13.0. The van der Waals surface area contributed by atoms with Crippen LogP contribution < -0.4 is 5.32 Å². The van der Waals surface area contributed by atoms with Crippen LogP contribution >= 0.6 is 11.6 Å². The van der Waals surface area contributed by atoms with E-state index >= 15 is 0 Å². The monoisotopic (exact) mass is 559 g/mol. The van der Waals surface area contributed by atoms with E-state index in [0.717, 1.165) is 30.0 Å². The highest BCUT2D eigenvalue weighted by Crippen LogP contribution is 2.41. The summed E-state index contributed by atoms with van der Waals surface area (Å²) in [5.74, 6) is -1.81. The normalized spacial score (nSPS) is 21.3. The van der Waals surface area contributed by atoms with E-state index in [-0.39, 0.29) is 29.2 Å². The van der Waals surface area contributed by atoms with E-state index in [9.17, 15) is 18.4 Å². The zero-order chi connectivity index (χ0) is 28.7. The highest BCUT2D eigenvalue weighted by Gasteiger charge is 2.45. The fourth-order valence-corrected chi connectivity index (χ4v) is 6.47. The average Bonchev–Trinajstić information content (AvgIpc) is 3.29. The van der Waals surface area contributed by atoms with E-state index in [1.807, 2.05) is 36.9 Å². The lowest BCUT2D eigenvalue weighted by molar-refractivity contribution is -0.136. The van der Waals surface area contributed by atoms with Gasteiger partial charge in [-0.3, -0.25) is 14.5 Å². The number of hydrogen-bond donors (Lipinski definition) is 1. The molecule has 2 atom stereocenters. The molecule has 0 radical (unpaired) electrons. The molecule has 212 valence electrons. The number of rotatable bonds is 5. The maximum Gasteiger partial charge on any atom is 0.227 e. The molecular weight excluding hydrogens is 520 g/mol. The van der Waals surface area contributed by atoms with Gasteiger partial charge in [0, 0.05) is 55.6 Å². The van der Waals surface area contributed by atoms with Gasteiger partial charge in [-0.25, -0.2) is 8.78 Å². The van der Waals surface area contributed by atoms with Crippen molar-refractivity contribution in [3.8, 4) is 0 Å². The predicted molar refractivity (Wildman–Crippen MR) is 151 cm³/mol. The van der Waals surface area contributed by atoms with Gasteiger partial charge in [0.05, 0.1) is 11.5 Å². The minimum Gasteiger partial charge on any atom is -0.347 e. The van der Waals surface area contributed by atoms with E-state index in [0.29, 0.717) is 36.8 Å². The summed E-state index contributed by atoms with van der Waals surface area (Å²) in [4.78, 5) is 29.9. The lowest BCUT2D eigenvalue weighted by atomic mass is 9.80. The van der Waals surface area contributed by atoms with Crippen LogP contribution in [0.5, 0.6) is 0 Å². The summed E-state index contributed by atoms with van der Waals surface area (Å²) in [6.07, 6.45) is 1.56. The Morgan fingerprint density at radius 1 is 0.949 bits per heavy atom. The lowest BCUT2D eigenvalue weighted by Gasteiger charge is -2.37. The SMILES string of the molecule is CC(=O)NC(C)(C)c1cc(Cl)ccc1C1CCN(C(=O)C2CN(C(C)(C)C)CC2c2ccc(F)cc2F)CC1. The van der Waals surface area contributed by atoms with E-state index in [4.69, 9.17) is 11.6 Å². The zero-order valence-electron chi connectivity index (χ0n) is 23.8. The van der Waals surface area contributed by atoms with Gasteiger partial charge < -0.3 is 10.2 Å². The molecule has 0 spiro atoms. The summed E-state index contributed by atoms with van der Waals surface area (Å²) < 4.78 is 28.5. The Balaban J connectivity index is 1.53. The molecule has 0 saturated carbocycles. The van der Waals surface area contributed by atoms with Gasteiger partial charge in [-0.05, 0) is 88.3 Å². The topological polar surface area (TPSA) is 52.7 Å². The van der Waals surface area contributed by atoms with Crippen LogP contribution in [0.1, 0.15) is 82.9 Å². The molecule has 4 rings (SSSR count). The van der Waals surface area contributed by atoms with Gasteiger partial charge in [-0.2, -0.15) is 0 Å². The number of likely N-dealkylation sites (tertiary alicyclic amines) is 2. The summed E-state index contributed by atoms with van der Waals surface area (Å²) in [5.41, 5.74) is 1.76. The number of nitrogens with zero attached hydrogens (tertiary/aromatic N) is 2. The molecular formula is C31H40ClF2N3O2. The summed E-state index contributed by atoms with van der Waals surface area (Å²) in [6, 6.07) is 9.52. The molecule has 2 unspecified atom stereocenters. The number of hydrogen-bond acceptors (Lipinski definition) is 3. The van der Waals surface area contributed by atoms with E-state index in [1.165, 1.54) is 19.1 Å². The molecule has 2 saturated heterocycles. The molecule has 2 aromatic carbocycles. The third-order valence-corrected chi connectivity index (χ3v) is 8.61. The van der Waals surface area contributed by atoms with Gasteiger partial charge in [-0.15, -0.1) is 0 Å². The molecule has 1 N–H and O–H groups in total. The van der Waals surface area contributed by atoms with Crippen LogP contribution in [0.4, 0.5) is 8.78 Å². The lowest BCUT2D eigenvalue weighted by Crippen LogP contribution is -2.45. The molecule has 8 heteroatoms. The van der Waals surface area contributed by atoms with Gasteiger partial charge in [0.2, 0.25) is 11.8 Å². The first-order valence-electron chi connectivity index (χ1n) is 13.7. The van der Waals surface area contributed by atoms with Gasteiger partial charge in [0.15, 0.2) is 0 Å². The van der Waals surface area contributed by atoms with Crippen LogP contribution in [-0.4, -0.2) is 53.3 Å². The molecule has 2 amide bonds. The van der Waals surface area contributed by atoms with Crippen LogP contribution in [0.25, 0.3) is 0 Å². The largest absolute Gasteiger partial charge is 0.347 e. The Morgan fingerprint density at radius 2 is 1.59 bits per heavy atom. The first-order valence-corrected chi connectivity index (χ1v) is 14.1. The van der Waals surface area contributed by atoms with Crippen LogP contribution in [-0.2, 0) is 15.1 Å². The smallest absolute Gasteiger partial charge is 0.227 e. The molecule has 2 aliphatic rings. The number of nitrogens with one attached hydrogen (secondary N) is 1. The predicted octanol–water partition coefficient (Wildman–Crippen LogP) is 6.21. The van der Waals surface area contributed by atoms with Gasteiger partial charge >= 0.3 is 0 Å². The molecule has 2 heterocycles. The molecule has 2 aliphatic heterocycles. The van der Waals surface area contributed by atoms with Crippen molar-refractivity contribution < 1.29 is 18.4 Å². The van der Waals surface area contributed by atoms with E-state index in [1.54, 1.807) is 0 Å². The van der Waals surface area contributed by atoms with Crippen molar-refractivity contribution in [1.82, 2.24) is 15.1 Å². The number of halogens is 3. The third-order valence-electron chi connectivity index (χ3n) is 8.37. The quantitative estimate of drug-likeness (QED) is 0.474. The molecule has 39 heavy (non-hydrogen) atoms. The Kier molecular flexibility index (Phi) is 8.44. The fourth-order valence-electron chi connectivity index (χ4n) is 6.30. The number of piperidine rings is 1. The van der Waals surface area contributed by atoms with Crippen molar-refractivity contribution in [2.24, 2.45) is 5.92 Å². The van der Waals surface area contributed by atoms with Gasteiger partial charge in [0.25, 0.3) is 0 Å². The number of carbonyl (C=O) groups is 2. The zero-order valence-corrected chi connectivity index (χ0v) is 24.5. The highest BCUT2D eigenvalue weighted by molar-refractivity contribution is 6.30. The maximum absolute atomic E-state index is 14.9. The van der Waals surface area contributed by atoms with E-state index in [2.05, 4.69) is 31.0 Å². The van der Waals surface area contributed by atoms with Crippen LogP contribution in [0, 0.1) is 17.6 Å². The summed E-state index contributed by atoms with van der Waals surface area (Å²) in [7, 11) is 0. The van der Waals surface area contributed by atoms with Crippen molar-refractivity contribution in [2.75, 3.05) is 26.2 Å². The van der Waals surface area contributed by atoms with Gasteiger partial charge in [-0.1, -0.05) is 23.7 Å². The average molecular weight is 560 g/mol. The van der Waals surface area contributed by atoms with Crippen molar-refractivity contribution in [2.45, 2.75) is 77.3 Å². The van der Waals surface area contributed by atoms with Crippen molar-refractivity contribution in [1.29, 1.82) is 0 Å². The van der Waals surface area contributed by atoms with Crippen LogP contribution in [0.3, 0.4) is 0 Å². The molecule has 0 aliphatic carbocycles. The second-order valence-electron chi connectivity index (χ2n) is 12.6. The molecule has 5 nitrogen and oxygen atoms in total. The Bertz CT molecular complexity index is 1230.